The van der Waals surface area contributed by atoms with E-state index in [9.17, 15) is 0 Å². The van der Waals surface area contributed by atoms with E-state index in [2.05, 4.69) is 19.1 Å². The van der Waals surface area contributed by atoms with Crippen LogP contribution in [0.25, 0.3) is 0 Å². The van der Waals surface area contributed by atoms with E-state index in [0.717, 1.165) is 18.8 Å². The van der Waals surface area contributed by atoms with Gasteiger partial charge in [-0.15, -0.1) is 0 Å². The molecule has 3 nitrogen and oxygen atoms in total. The number of ether oxygens (including phenoxy) is 3. The van der Waals surface area contributed by atoms with Gasteiger partial charge in [-0.25, -0.2) is 0 Å². The van der Waals surface area contributed by atoms with Crippen LogP contribution in [0.4, 0.5) is 0 Å². The molecule has 3 heteroatoms. The minimum atomic E-state index is -0.855. The predicted octanol–water partition coefficient (Wildman–Crippen LogP) is 7.25. The zero-order valence-electron chi connectivity index (χ0n) is 18.6. The molecule has 0 spiro atoms. The van der Waals surface area contributed by atoms with Gasteiger partial charge in [-0.3, -0.25) is 0 Å². The summed E-state index contributed by atoms with van der Waals surface area (Å²) in [4.78, 5) is 0. The van der Waals surface area contributed by atoms with Crippen LogP contribution in [-0.2, 0) is 14.2 Å². The Morgan fingerprint density at radius 1 is 0.815 bits per heavy atom. The van der Waals surface area contributed by atoms with E-state index < -0.39 is 5.97 Å². The minimum absolute atomic E-state index is 0.314. The summed E-state index contributed by atoms with van der Waals surface area (Å²) in [6.07, 6.45) is 19.9. The van der Waals surface area contributed by atoms with Gasteiger partial charge in [-0.2, -0.15) is 0 Å². The fraction of sp³-hybridized carbons (Fsp3) is 0.917. The molecular formula is C24H46O3. The normalized spacial score (nSPS) is 18.7. The van der Waals surface area contributed by atoms with Crippen LogP contribution >= 0.6 is 0 Å². The zero-order chi connectivity index (χ0) is 19.8. The fourth-order valence-electron chi connectivity index (χ4n) is 4.31. The van der Waals surface area contributed by atoms with Gasteiger partial charge in [-0.05, 0) is 65.2 Å². The number of hydrogen-bond donors (Lipinski definition) is 0. The second-order valence-corrected chi connectivity index (χ2v) is 7.88. The van der Waals surface area contributed by atoms with E-state index in [1.807, 2.05) is 20.8 Å². The van der Waals surface area contributed by atoms with Crippen LogP contribution in [-0.4, -0.2) is 25.8 Å². The lowest BCUT2D eigenvalue weighted by Gasteiger charge is -2.39. The number of hydrogen-bond acceptors (Lipinski definition) is 3. The van der Waals surface area contributed by atoms with Gasteiger partial charge in [0.25, 0.3) is 5.97 Å². The van der Waals surface area contributed by atoms with E-state index in [0.29, 0.717) is 25.7 Å². The molecule has 27 heavy (non-hydrogen) atoms. The molecule has 0 saturated carbocycles. The molecule has 2 unspecified atom stereocenters. The molecule has 0 aromatic rings. The quantitative estimate of drug-likeness (QED) is 0.151. The van der Waals surface area contributed by atoms with Gasteiger partial charge in [0.05, 0.1) is 0 Å². The molecule has 0 radical (unpaired) electrons. The molecule has 0 aromatic carbocycles. The highest BCUT2D eigenvalue weighted by Gasteiger charge is 2.41. The van der Waals surface area contributed by atoms with Crippen molar-refractivity contribution in [3.8, 4) is 0 Å². The molecule has 0 N–H and O–H groups in total. The van der Waals surface area contributed by atoms with Gasteiger partial charge in [0.15, 0.2) is 0 Å². The third-order valence-corrected chi connectivity index (χ3v) is 5.74. The van der Waals surface area contributed by atoms with Gasteiger partial charge in [0.1, 0.15) is 0 Å². The molecule has 0 aromatic heterocycles. The van der Waals surface area contributed by atoms with Gasteiger partial charge < -0.3 is 14.2 Å². The summed E-state index contributed by atoms with van der Waals surface area (Å²) in [5, 5.41) is 0. The Morgan fingerprint density at radius 3 is 2.00 bits per heavy atom. The zero-order valence-corrected chi connectivity index (χ0v) is 18.6. The third-order valence-electron chi connectivity index (χ3n) is 5.74. The third kappa shape index (κ3) is 9.58. The smallest absolute Gasteiger partial charge is 0.285 e. The van der Waals surface area contributed by atoms with Crippen LogP contribution in [0.15, 0.2) is 12.2 Å². The maximum Gasteiger partial charge on any atom is 0.285 e. The maximum atomic E-state index is 6.15. The summed E-state index contributed by atoms with van der Waals surface area (Å²) in [5.41, 5.74) is 0. The first-order valence-electron chi connectivity index (χ1n) is 11.8. The molecule has 1 aliphatic rings. The molecule has 0 fully saturated rings. The van der Waals surface area contributed by atoms with E-state index >= 15 is 0 Å². The van der Waals surface area contributed by atoms with E-state index in [1.165, 1.54) is 64.2 Å². The Hall–Kier alpha value is -0.380. The van der Waals surface area contributed by atoms with E-state index in [1.54, 1.807) is 0 Å². The monoisotopic (exact) mass is 382 g/mol. The van der Waals surface area contributed by atoms with Crippen molar-refractivity contribution in [3.05, 3.63) is 12.2 Å². The van der Waals surface area contributed by atoms with Gasteiger partial charge >= 0.3 is 0 Å². The highest BCUT2D eigenvalue weighted by molar-refractivity contribution is 4.90. The van der Waals surface area contributed by atoms with Gasteiger partial charge in [0, 0.05) is 25.7 Å². The number of rotatable bonds is 17. The molecule has 0 amide bonds. The maximum absolute atomic E-state index is 6.15. The lowest BCUT2D eigenvalue weighted by molar-refractivity contribution is -0.403. The topological polar surface area (TPSA) is 27.7 Å². The highest BCUT2D eigenvalue weighted by Crippen LogP contribution is 2.36. The first kappa shape index (κ1) is 24.7. The van der Waals surface area contributed by atoms with Crippen molar-refractivity contribution < 1.29 is 14.2 Å². The van der Waals surface area contributed by atoms with Gasteiger partial charge in [0.2, 0.25) is 0 Å². The molecule has 2 atom stereocenters. The van der Waals surface area contributed by atoms with Crippen molar-refractivity contribution in [1.29, 1.82) is 0 Å². The second kappa shape index (κ2) is 15.5. The summed E-state index contributed by atoms with van der Waals surface area (Å²) in [7, 11) is 0. The molecule has 0 saturated heterocycles. The Balaban J connectivity index is 2.69. The van der Waals surface area contributed by atoms with Crippen LogP contribution in [0.3, 0.4) is 0 Å². The second-order valence-electron chi connectivity index (χ2n) is 7.88. The van der Waals surface area contributed by atoms with Crippen molar-refractivity contribution in [2.24, 2.45) is 11.8 Å². The molecule has 1 rings (SSSR count). The van der Waals surface area contributed by atoms with Gasteiger partial charge in [-0.1, -0.05) is 57.6 Å². The Kier molecular flexibility index (Phi) is 14.2. The average Bonchev–Trinajstić information content (AvgIpc) is 2.68. The number of allylic oxidation sites excluding steroid dienone is 2. The summed E-state index contributed by atoms with van der Waals surface area (Å²) < 4.78 is 18.4. The predicted molar refractivity (Wildman–Crippen MR) is 115 cm³/mol. The van der Waals surface area contributed by atoms with Crippen molar-refractivity contribution >= 4 is 0 Å². The summed E-state index contributed by atoms with van der Waals surface area (Å²) in [5.74, 6) is 0.269. The SMILES string of the molecule is CCCCCCCCC(CCC1CC=CCC1)C(OCC)(OCC)OCC. The van der Waals surface area contributed by atoms with Crippen LogP contribution in [0.2, 0.25) is 0 Å². The lowest BCUT2D eigenvalue weighted by atomic mass is 9.84. The Labute approximate surface area is 169 Å². The van der Waals surface area contributed by atoms with Crippen LogP contribution < -0.4 is 0 Å². The van der Waals surface area contributed by atoms with Crippen LogP contribution in [0, 0.1) is 11.8 Å². The first-order chi connectivity index (χ1) is 13.2. The van der Waals surface area contributed by atoms with Crippen molar-refractivity contribution in [3.63, 3.8) is 0 Å². The summed E-state index contributed by atoms with van der Waals surface area (Å²) >= 11 is 0. The number of unbranched alkanes of at least 4 members (excludes halogenated alkanes) is 5. The molecule has 1 aliphatic carbocycles. The Bertz CT molecular complexity index is 350. The Morgan fingerprint density at radius 2 is 1.44 bits per heavy atom. The van der Waals surface area contributed by atoms with Crippen LogP contribution in [0.5, 0.6) is 0 Å². The first-order valence-corrected chi connectivity index (χ1v) is 11.8. The van der Waals surface area contributed by atoms with Crippen molar-refractivity contribution in [2.45, 2.75) is 111 Å². The standard InChI is InChI=1S/C24H46O3/c1-5-9-10-11-12-16-19-23(21-20-22-17-14-13-15-18-22)24(25-6-2,26-7-3)27-8-4/h13-14,22-23H,5-12,15-21H2,1-4H3. The van der Waals surface area contributed by atoms with E-state index in [4.69, 9.17) is 14.2 Å². The average molecular weight is 383 g/mol. The fourth-order valence-corrected chi connectivity index (χ4v) is 4.31. The van der Waals surface area contributed by atoms with Crippen LogP contribution in [0.1, 0.15) is 105 Å². The minimum Gasteiger partial charge on any atom is -0.328 e. The molecule has 0 heterocycles. The summed E-state index contributed by atoms with van der Waals surface area (Å²) in [6.45, 7) is 10.3. The lowest BCUT2D eigenvalue weighted by Crippen LogP contribution is -2.47. The highest BCUT2D eigenvalue weighted by atomic mass is 16.9. The largest absolute Gasteiger partial charge is 0.328 e. The summed E-state index contributed by atoms with van der Waals surface area (Å²) in [6, 6.07) is 0. The molecule has 0 aliphatic heterocycles. The van der Waals surface area contributed by atoms with E-state index in [-0.39, 0.29) is 0 Å². The van der Waals surface area contributed by atoms with Crippen molar-refractivity contribution in [1.82, 2.24) is 0 Å². The molecular weight excluding hydrogens is 336 g/mol. The van der Waals surface area contributed by atoms with Crippen molar-refractivity contribution in [2.75, 3.05) is 19.8 Å². The molecule has 0 bridgehead atoms. The molecule has 160 valence electrons.